The lowest BCUT2D eigenvalue weighted by Gasteiger charge is -2.18. The van der Waals surface area contributed by atoms with Gasteiger partial charge in [-0.15, -0.1) is 0 Å². The quantitative estimate of drug-likeness (QED) is 0.646. The molecule has 2 atom stereocenters. The summed E-state index contributed by atoms with van der Waals surface area (Å²) in [5.41, 5.74) is 0. The third-order valence-electron chi connectivity index (χ3n) is 4.46. The van der Waals surface area contributed by atoms with Crippen molar-refractivity contribution in [3.8, 4) is 0 Å². The molecule has 0 aliphatic heterocycles. The SMILES string of the molecule is CCN(CC)CCNCC1C2CCCC21. The summed E-state index contributed by atoms with van der Waals surface area (Å²) in [6.45, 7) is 10.5. The van der Waals surface area contributed by atoms with E-state index in [1.807, 2.05) is 0 Å². The number of nitrogens with one attached hydrogen (secondary N) is 1. The Hall–Kier alpha value is -0.0800. The normalized spacial score (nSPS) is 33.4. The average molecular weight is 210 g/mol. The van der Waals surface area contributed by atoms with Crippen LogP contribution < -0.4 is 5.32 Å². The lowest BCUT2D eigenvalue weighted by molar-refractivity contribution is 0.301. The fourth-order valence-corrected chi connectivity index (χ4v) is 3.32. The van der Waals surface area contributed by atoms with Crippen LogP contribution in [0.1, 0.15) is 33.1 Å². The minimum atomic E-state index is 1.05. The number of hydrogen-bond donors (Lipinski definition) is 1. The summed E-state index contributed by atoms with van der Waals surface area (Å²) in [7, 11) is 0. The standard InChI is InChI=1S/C13H26N2/c1-3-15(4-2)9-8-14-10-13-11-6-5-7-12(11)13/h11-14H,3-10H2,1-2H3. The maximum Gasteiger partial charge on any atom is 0.0107 e. The van der Waals surface area contributed by atoms with Gasteiger partial charge in [0.05, 0.1) is 0 Å². The van der Waals surface area contributed by atoms with Crippen LogP contribution in [0.15, 0.2) is 0 Å². The van der Waals surface area contributed by atoms with Crippen LogP contribution in [-0.2, 0) is 0 Å². The summed E-state index contributed by atoms with van der Waals surface area (Å²) in [4.78, 5) is 2.49. The van der Waals surface area contributed by atoms with Crippen LogP contribution in [0.3, 0.4) is 0 Å². The van der Waals surface area contributed by atoms with E-state index in [1.165, 1.54) is 52.0 Å². The molecule has 0 aromatic carbocycles. The van der Waals surface area contributed by atoms with E-state index < -0.39 is 0 Å². The fourth-order valence-electron chi connectivity index (χ4n) is 3.32. The predicted molar refractivity (Wildman–Crippen MR) is 65.0 cm³/mol. The van der Waals surface area contributed by atoms with Crippen molar-refractivity contribution in [2.75, 3.05) is 32.7 Å². The van der Waals surface area contributed by atoms with Crippen molar-refractivity contribution in [3.63, 3.8) is 0 Å². The Morgan fingerprint density at radius 3 is 2.40 bits per heavy atom. The smallest absolute Gasteiger partial charge is 0.0107 e. The van der Waals surface area contributed by atoms with Crippen molar-refractivity contribution in [2.45, 2.75) is 33.1 Å². The van der Waals surface area contributed by atoms with E-state index >= 15 is 0 Å². The van der Waals surface area contributed by atoms with E-state index in [1.54, 1.807) is 0 Å². The zero-order chi connectivity index (χ0) is 10.7. The summed E-state index contributed by atoms with van der Waals surface area (Å²) in [5.74, 6) is 3.28. The minimum Gasteiger partial charge on any atom is -0.315 e. The molecule has 88 valence electrons. The molecule has 0 heterocycles. The second-order valence-electron chi connectivity index (χ2n) is 5.15. The third kappa shape index (κ3) is 2.73. The molecule has 2 unspecified atom stereocenters. The van der Waals surface area contributed by atoms with Crippen molar-refractivity contribution in [1.82, 2.24) is 10.2 Å². The average Bonchev–Trinajstić information content (AvgIpc) is 2.72. The predicted octanol–water partition coefficient (Wildman–Crippen LogP) is 1.96. The van der Waals surface area contributed by atoms with Crippen LogP contribution in [0.5, 0.6) is 0 Å². The summed E-state index contributed by atoms with van der Waals surface area (Å²) in [6, 6.07) is 0. The molecule has 0 amide bonds. The maximum absolute atomic E-state index is 3.63. The largest absolute Gasteiger partial charge is 0.315 e. The monoisotopic (exact) mass is 210 g/mol. The van der Waals surface area contributed by atoms with Gasteiger partial charge in [0.15, 0.2) is 0 Å². The molecule has 2 aliphatic carbocycles. The van der Waals surface area contributed by atoms with Gasteiger partial charge in [-0.05, 0) is 50.2 Å². The van der Waals surface area contributed by atoms with E-state index in [0.29, 0.717) is 0 Å². The Morgan fingerprint density at radius 1 is 1.13 bits per heavy atom. The molecule has 0 radical (unpaired) electrons. The molecule has 0 saturated heterocycles. The van der Waals surface area contributed by atoms with Crippen LogP contribution in [0, 0.1) is 17.8 Å². The molecule has 0 spiro atoms. The Labute approximate surface area is 94.4 Å². The summed E-state index contributed by atoms with van der Waals surface area (Å²) < 4.78 is 0. The lowest BCUT2D eigenvalue weighted by atomic mass is 10.1. The number of hydrogen-bond acceptors (Lipinski definition) is 2. The molecular weight excluding hydrogens is 184 g/mol. The van der Waals surface area contributed by atoms with Crippen LogP contribution in [0.2, 0.25) is 0 Å². The third-order valence-corrected chi connectivity index (χ3v) is 4.46. The molecule has 2 heteroatoms. The van der Waals surface area contributed by atoms with Gasteiger partial charge in [-0.3, -0.25) is 0 Å². The van der Waals surface area contributed by atoms with Gasteiger partial charge in [0.25, 0.3) is 0 Å². The number of nitrogens with zero attached hydrogens (tertiary/aromatic N) is 1. The van der Waals surface area contributed by atoms with Gasteiger partial charge in [0, 0.05) is 13.1 Å². The van der Waals surface area contributed by atoms with E-state index in [2.05, 4.69) is 24.1 Å². The zero-order valence-electron chi connectivity index (χ0n) is 10.3. The number of rotatable bonds is 7. The Balaban J connectivity index is 1.49. The van der Waals surface area contributed by atoms with Gasteiger partial charge in [-0.1, -0.05) is 20.3 Å². The van der Waals surface area contributed by atoms with Crippen LogP contribution in [0.4, 0.5) is 0 Å². The van der Waals surface area contributed by atoms with Crippen LogP contribution >= 0.6 is 0 Å². The molecule has 2 rings (SSSR count). The van der Waals surface area contributed by atoms with Crippen molar-refractivity contribution in [3.05, 3.63) is 0 Å². The van der Waals surface area contributed by atoms with E-state index in [0.717, 1.165) is 17.8 Å². The molecule has 0 bridgehead atoms. The second-order valence-corrected chi connectivity index (χ2v) is 5.15. The maximum atomic E-state index is 3.63. The van der Waals surface area contributed by atoms with Crippen molar-refractivity contribution in [2.24, 2.45) is 17.8 Å². The van der Waals surface area contributed by atoms with Crippen molar-refractivity contribution >= 4 is 0 Å². The van der Waals surface area contributed by atoms with Gasteiger partial charge in [-0.2, -0.15) is 0 Å². The molecule has 0 aromatic heterocycles. The number of fused-ring (bicyclic) bond motifs is 1. The van der Waals surface area contributed by atoms with Gasteiger partial charge in [-0.25, -0.2) is 0 Å². The van der Waals surface area contributed by atoms with Crippen molar-refractivity contribution < 1.29 is 0 Å². The van der Waals surface area contributed by atoms with Crippen LogP contribution in [-0.4, -0.2) is 37.6 Å². The topological polar surface area (TPSA) is 15.3 Å². The summed E-state index contributed by atoms with van der Waals surface area (Å²) >= 11 is 0. The lowest BCUT2D eigenvalue weighted by Crippen LogP contribution is -2.33. The molecule has 2 aliphatic rings. The fraction of sp³-hybridized carbons (Fsp3) is 1.00. The Kier molecular flexibility index (Phi) is 4.04. The first kappa shape index (κ1) is 11.4. The van der Waals surface area contributed by atoms with Crippen LogP contribution in [0.25, 0.3) is 0 Å². The summed E-state index contributed by atoms with van der Waals surface area (Å²) in [6.07, 6.45) is 4.55. The van der Waals surface area contributed by atoms with E-state index in [4.69, 9.17) is 0 Å². The Bertz CT molecular complexity index is 179. The first-order valence-corrected chi connectivity index (χ1v) is 6.79. The highest BCUT2D eigenvalue weighted by atomic mass is 15.1. The Morgan fingerprint density at radius 2 is 1.80 bits per heavy atom. The highest BCUT2D eigenvalue weighted by Gasteiger charge is 2.51. The van der Waals surface area contributed by atoms with Gasteiger partial charge in [0.2, 0.25) is 0 Å². The van der Waals surface area contributed by atoms with Gasteiger partial charge >= 0.3 is 0 Å². The molecular formula is C13H26N2. The molecule has 15 heavy (non-hydrogen) atoms. The summed E-state index contributed by atoms with van der Waals surface area (Å²) in [5, 5.41) is 3.63. The van der Waals surface area contributed by atoms with E-state index in [-0.39, 0.29) is 0 Å². The van der Waals surface area contributed by atoms with Gasteiger partial charge < -0.3 is 10.2 Å². The number of likely N-dealkylation sites (N-methyl/N-ethyl adjacent to an activating group) is 1. The first-order valence-electron chi connectivity index (χ1n) is 6.79. The van der Waals surface area contributed by atoms with Crippen molar-refractivity contribution in [1.29, 1.82) is 0 Å². The molecule has 1 N–H and O–H groups in total. The highest BCUT2D eigenvalue weighted by Crippen LogP contribution is 2.56. The second kappa shape index (κ2) is 5.31. The first-order chi connectivity index (χ1) is 7.36. The van der Waals surface area contributed by atoms with E-state index in [9.17, 15) is 0 Å². The molecule has 0 aromatic rings. The minimum absolute atomic E-state index is 1.05. The molecule has 2 nitrogen and oxygen atoms in total. The zero-order valence-corrected chi connectivity index (χ0v) is 10.3. The van der Waals surface area contributed by atoms with Gasteiger partial charge in [0.1, 0.15) is 0 Å². The molecule has 2 saturated carbocycles. The molecule has 2 fully saturated rings. The highest BCUT2D eigenvalue weighted by molar-refractivity contribution is 5.01.